The lowest BCUT2D eigenvalue weighted by atomic mass is 10.1. The molecule has 12 heavy (non-hydrogen) atoms. The molecule has 2 rings (SSSR count). The van der Waals surface area contributed by atoms with E-state index in [0.717, 1.165) is 12.8 Å². The highest BCUT2D eigenvalue weighted by atomic mass is 16.3. The summed E-state index contributed by atoms with van der Waals surface area (Å²) in [6.45, 7) is 0. The molecule has 1 aromatic rings. The van der Waals surface area contributed by atoms with Crippen LogP contribution in [0.2, 0.25) is 0 Å². The predicted molar refractivity (Wildman–Crippen MR) is 46.3 cm³/mol. The molecule has 0 aliphatic heterocycles. The summed E-state index contributed by atoms with van der Waals surface area (Å²) in [5.74, 6) is 0.895. The second kappa shape index (κ2) is 2.75. The molecule has 3 N–H and O–H groups in total. The highest BCUT2D eigenvalue weighted by Crippen LogP contribution is 2.40. The van der Waals surface area contributed by atoms with Gasteiger partial charge in [0.25, 0.3) is 0 Å². The van der Waals surface area contributed by atoms with Crippen LogP contribution in [0, 0.1) is 5.92 Å². The Morgan fingerprint density at radius 3 is 2.83 bits per heavy atom. The van der Waals surface area contributed by atoms with Gasteiger partial charge in [-0.25, -0.2) is 4.98 Å². The van der Waals surface area contributed by atoms with Crippen LogP contribution in [0.5, 0.6) is 0 Å². The summed E-state index contributed by atoms with van der Waals surface area (Å²) in [5.41, 5.74) is 6.20. The number of nitrogen functional groups attached to an aromatic ring is 1. The molecular formula is C9H12N2O. The minimum atomic E-state index is -0.409. The Labute approximate surface area is 71.2 Å². The van der Waals surface area contributed by atoms with E-state index < -0.39 is 6.10 Å². The van der Waals surface area contributed by atoms with E-state index in [1.165, 1.54) is 0 Å². The molecule has 0 radical (unpaired) electrons. The van der Waals surface area contributed by atoms with Crippen molar-refractivity contribution in [2.75, 3.05) is 5.73 Å². The molecule has 1 atom stereocenters. The average molecular weight is 164 g/mol. The summed E-state index contributed by atoms with van der Waals surface area (Å²) >= 11 is 0. The van der Waals surface area contributed by atoms with Gasteiger partial charge >= 0.3 is 0 Å². The van der Waals surface area contributed by atoms with Crippen LogP contribution in [0.4, 0.5) is 5.82 Å². The zero-order valence-corrected chi connectivity index (χ0v) is 6.77. The van der Waals surface area contributed by atoms with Gasteiger partial charge < -0.3 is 10.8 Å². The van der Waals surface area contributed by atoms with Gasteiger partial charge in [-0.2, -0.15) is 0 Å². The molecule has 1 saturated carbocycles. The van der Waals surface area contributed by atoms with Crippen molar-refractivity contribution in [1.82, 2.24) is 4.98 Å². The molecule has 3 heteroatoms. The first kappa shape index (κ1) is 7.55. The van der Waals surface area contributed by atoms with Gasteiger partial charge in [0, 0.05) is 0 Å². The third kappa shape index (κ3) is 1.41. The predicted octanol–water partition coefficient (Wildman–Crippen LogP) is 1.11. The molecule has 0 saturated heterocycles. The fourth-order valence-electron chi connectivity index (χ4n) is 1.29. The summed E-state index contributed by atoms with van der Waals surface area (Å²) in [7, 11) is 0. The molecule has 1 heterocycles. The summed E-state index contributed by atoms with van der Waals surface area (Å²) in [6, 6.07) is 5.37. The van der Waals surface area contributed by atoms with Gasteiger partial charge in [0.15, 0.2) is 0 Å². The lowest BCUT2D eigenvalue weighted by Crippen LogP contribution is -2.03. The molecule has 3 nitrogen and oxygen atoms in total. The van der Waals surface area contributed by atoms with E-state index in [2.05, 4.69) is 4.98 Å². The van der Waals surface area contributed by atoms with Crippen LogP contribution in [0.25, 0.3) is 0 Å². The van der Waals surface area contributed by atoms with Gasteiger partial charge in [0.1, 0.15) is 5.82 Å². The molecule has 1 aliphatic carbocycles. The van der Waals surface area contributed by atoms with E-state index >= 15 is 0 Å². The highest BCUT2D eigenvalue weighted by Gasteiger charge is 2.31. The minimum Gasteiger partial charge on any atom is -0.387 e. The van der Waals surface area contributed by atoms with E-state index in [1.807, 2.05) is 12.1 Å². The number of aliphatic hydroxyl groups excluding tert-OH is 1. The number of hydrogen-bond donors (Lipinski definition) is 2. The average Bonchev–Trinajstić information content (AvgIpc) is 2.85. The molecule has 0 spiro atoms. The van der Waals surface area contributed by atoms with Gasteiger partial charge in [-0.3, -0.25) is 0 Å². The number of anilines is 1. The number of nitrogens with two attached hydrogens (primary N) is 1. The number of pyridine rings is 1. The number of rotatable bonds is 2. The lowest BCUT2D eigenvalue weighted by molar-refractivity contribution is 0.149. The highest BCUT2D eigenvalue weighted by molar-refractivity contribution is 5.29. The van der Waals surface area contributed by atoms with Gasteiger partial charge in [-0.1, -0.05) is 6.07 Å². The van der Waals surface area contributed by atoms with Crippen molar-refractivity contribution in [2.24, 2.45) is 5.92 Å². The molecule has 1 aromatic heterocycles. The number of nitrogens with zero attached hydrogens (tertiary/aromatic N) is 1. The normalized spacial score (nSPS) is 19.1. The maximum atomic E-state index is 9.67. The first-order chi connectivity index (χ1) is 5.77. The smallest absolute Gasteiger partial charge is 0.123 e. The Hall–Kier alpha value is -1.09. The van der Waals surface area contributed by atoms with E-state index in [9.17, 15) is 5.11 Å². The molecule has 0 aromatic carbocycles. The van der Waals surface area contributed by atoms with Crippen molar-refractivity contribution in [3.05, 3.63) is 23.9 Å². The molecule has 0 bridgehead atoms. The number of aromatic nitrogens is 1. The van der Waals surface area contributed by atoms with Crippen LogP contribution in [0.15, 0.2) is 18.2 Å². The van der Waals surface area contributed by atoms with Gasteiger partial charge in [-0.15, -0.1) is 0 Å². The van der Waals surface area contributed by atoms with Crippen molar-refractivity contribution in [3.8, 4) is 0 Å². The Balaban J connectivity index is 2.20. The van der Waals surface area contributed by atoms with Crippen molar-refractivity contribution >= 4 is 5.82 Å². The van der Waals surface area contributed by atoms with Crippen molar-refractivity contribution in [1.29, 1.82) is 0 Å². The SMILES string of the molecule is Nc1cccc(C(O)C2CC2)n1. The summed E-state index contributed by atoms with van der Waals surface area (Å²) in [6.07, 6.45) is 1.81. The van der Waals surface area contributed by atoms with Crippen LogP contribution in [0.3, 0.4) is 0 Å². The zero-order valence-electron chi connectivity index (χ0n) is 6.77. The quantitative estimate of drug-likeness (QED) is 0.688. The second-order valence-corrected chi connectivity index (χ2v) is 3.27. The first-order valence-corrected chi connectivity index (χ1v) is 4.18. The van der Waals surface area contributed by atoms with Crippen LogP contribution < -0.4 is 5.73 Å². The zero-order chi connectivity index (χ0) is 8.55. The van der Waals surface area contributed by atoms with E-state index in [0.29, 0.717) is 17.4 Å². The molecule has 64 valence electrons. The number of aliphatic hydroxyl groups is 1. The molecule has 1 fully saturated rings. The third-order valence-electron chi connectivity index (χ3n) is 2.16. The fourth-order valence-corrected chi connectivity index (χ4v) is 1.29. The van der Waals surface area contributed by atoms with E-state index in [-0.39, 0.29) is 0 Å². The van der Waals surface area contributed by atoms with Crippen molar-refractivity contribution in [3.63, 3.8) is 0 Å². The topological polar surface area (TPSA) is 59.1 Å². The monoisotopic (exact) mass is 164 g/mol. The van der Waals surface area contributed by atoms with Crippen LogP contribution in [0.1, 0.15) is 24.6 Å². The van der Waals surface area contributed by atoms with Crippen LogP contribution in [-0.2, 0) is 0 Å². The van der Waals surface area contributed by atoms with Crippen LogP contribution in [-0.4, -0.2) is 10.1 Å². The first-order valence-electron chi connectivity index (χ1n) is 4.18. The Kier molecular flexibility index (Phi) is 1.73. The third-order valence-corrected chi connectivity index (χ3v) is 2.16. The standard InChI is InChI=1S/C9H12N2O/c10-8-3-1-2-7(11-8)9(12)6-4-5-6/h1-3,6,9,12H,4-5H2,(H2,10,11). The molecular weight excluding hydrogens is 152 g/mol. The Bertz CT molecular complexity index is 284. The van der Waals surface area contributed by atoms with E-state index in [4.69, 9.17) is 5.73 Å². The summed E-state index contributed by atoms with van der Waals surface area (Å²) in [4.78, 5) is 4.06. The Morgan fingerprint density at radius 2 is 2.25 bits per heavy atom. The minimum absolute atomic E-state index is 0.409. The van der Waals surface area contributed by atoms with Gasteiger partial charge in [0.05, 0.1) is 11.8 Å². The molecule has 0 amide bonds. The van der Waals surface area contributed by atoms with Crippen molar-refractivity contribution in [2.45, 2.75) is 18.9 Å². The molecule has 1 unspecified atom stereocenters. The summed E-state index contributed by atoms with van der Waals surface area (Å²) in [5, 5.41) is 9.67. The van der Waals surface area contributed by atoms with Gasteiger partial charge in [-0.05, 0) is 30.9 Å². The lowest BCUT2D eigenvalue weighted by Gasteiger charge is -2.07. The molecule has 1 aliphatic rings. The largest absolute Gasteiger partial charge is 0.387 e. The van der Waals surface area contributed by atoms with Crippen molar-refractivity contribution < 1.29 is 5.11 Å². The van der Waals surface area contributed by atoms with Gasteiger partial charge in [0.2, 0.25) is 0 Å². The second-order valence-electron chi connectivity index (χ2n) is 3.27. The maximum absolute atomic E-state index is 9.67. The fraction of sp³-hybridized carbons (Fsp3) is 0.444. The maximum Gasteiger partial charge on any atom is 0.123 e. The van der Waals surface area contributed by atoms with E-state index in [1.54, 1.807) is 6.07 Å². The number of hydrogen-bond acceptors (Lipinski definition) is 3. The Morgan fingerprint density at radius 1 is 1.50 bits per heavy atom. The van der Waals surface area contributed by atoms with Crippen LogP contribution >= 0.6 is 0 Å². The summed E-state index contributed by atoms with van der Waals surface area (Å²) < 4.78 is 0.